The van der Waals surface area contributed by atoms with E-state index in [4.69, 9.17) is 0 Å². The number of carbonyl (C=O) groups excluding carboxylic acids is 1. The summed E-state index contributed by atoms with van der Waals surface area (Å²) in [5.74, 6) is -0.0690. The second-order valence-electron chi connectivity index (χ2n) is 9.04. The smallest absolute Gasteiger partial charge is 0.306 e. The van der Waals surface area contributed by atoms with Gasteiger partial charge < -0.3 is 10.4 Å². The lowest BCUT2D eigenvalue weighted by atomic mass is 9.77. The van der Waals surface area contributed by atoms with Gasteiger partial charge in [0, 0.05) is 12.5 Å². The molecule has 7 nitrogen and oxygen atoms in total. The Labute approximate surface area is 162 Å². The van der Waals surface area contributed by atoms with Gasteiger partial charge in [0.15, 0.2) is 0 Å². The molecule has 0 spiro atoms. The van der Waals surface area contributed by atoms with Crippen molar-refractivity contribution in [3.63, 3.8) is 0 Å². The molecule has 2 saturated carbocycles. The molecule has 0 radical (unpaired) electrons. The monoisotopic (exact) mass is 380 g/mol. The van der Waals surface area contributed by atoms with Gasteiger partial charge in [-0.25, -0.2) is 10.9 Å². The van der Waals surface area contributed by atoms with Crippen LogP contribution in [0.25, 0.3) is 0 Å². The van der Waals surface area contributed by atoms with E-state index in [1.807, 2.05) is 0 Å². The van der Waals surface area contributed by atoms with Crippen LogP contribution in [0.4, 0.5) is 0 Å². The molecular formula is C20H36N4O3. The molecule has 27 heavy (non-hydrogen) atoms. The molecule has 154 valence electrons. The van der Waals surface area contributed by atoms with Crippen molar-refractivity contribution in [2.75, 3.05) is 0 Å². The Bertz CT molecular complexity index is 527. The maximum Gasteiger partial charge on any atom is 0.306 e. The Balaban J connectivity index is 1.47. The van der Waals surface area contributed by atoms with Gasteiger partial charge in [0.25, 0.3) is 0 Å². The van der Waals surface area contributed by atoms with E-state index in [9.17, 15) is 14.7 Å². The number of amides is 1. The first-order chi connectivity index (χ1) is 12.9. The largest absolute Gasteiger partial charge is 0.481 e. The summed E-state index contributed by atoms with van der Waals surface area (Å²) in [7, 11) is 0. The van der Waals surface area contributed by atoms with Crippen LogP contribution >= 0.6 is 0 Å². The van der Waals surface area contributed by atoms with Crippen molar-refractivity contribution in [3.8, 4) is 0 Å². The third kappa shape index (κ3) is 5.42. The number of carboxylic acids is 1. The molecule has 3 aliphatic rings. The average Bonchev–Trinajstić information content (AvgIpc) is 3.12. The summed E-state index contributed by atoms with van der Waals surface area (Å²) in [5, 5.41) is 16.2. The number of carboxylic acid groups (broad SMARTS) is 1. The van der Waals surface area contributed by atoms with Crippen molar-refractivity contribution in [1.82, 2.24) is 21.5 Å². The summed E-state index contributed by atoms with van der Waals surface area (Å²) >= 11 is 0. The normalized spacial score (nSPS) is 37.3. The second-order valence-corrected chi connectivity index (χ2v) is 9.04. The quantitative estimate of drug-likeness (QED) is 0.483. The fourth-order valence-corrected chi connectivity index (χ4v) is 5.03. The Morgan fingerprint density at radius 2 is 1.85 bits per heavy atom. The molecule has 1 aliphatic heterocycles. The van der Waals surface area contributed by atoms with E-state index in [0.29, 0.717) is 24.7 Å². The summed E-state index contributed by atoms with van der Waals surface area (Å²) < 4.78 is 0. The third-order valence-electron chi connectivity index (χ3n) is 6.65. The zero-order chi connectivity index (χ0) is 19.4. The Morgan fingerprint density at radius 3 is 2.56 bits per heavy atom. The lowest BCUT2D eigenvalue weighted by Crippen LogP contribution is -2.47. The van der Waals surface area contributed by atoms with E-state index in [-0.39, 0.29) is 36.1 Å². The number of nitrogens with one attached hydrogen (secondary N) is 4. The van der Waals surface area contributed by atoms with Crippen molar-refractivity contribution >= 4 is 11.9 Å². The highest BCUT2D eigenvalue weighted by Gasteiger charge is 2.36. The molecule has 0 aromatic heterocycles. The molecule has 3 fully saturated rings. The van der Waals surface area contributed by atoms with Crippen LogP contribution in [0.1, 0.15) is 71.6 Å². The van der Waals surface area contributed by atoms with E-state index in [1.54, 1.807) is 0 Å². The summed E-state index contributed by atoms with van der Waals surface area (Å²) in [6.45, 7) is 4.38. The molecule has 0 aromatic rings. The van der Waals surface area contributed by atoms with Gasteiger partial charge in [-0.05, 0) is 49.9 Å². The minimum absolute atomic E-state index is 0.00944. The van der Waals surface area contributed by atoms with Gasteiger partial charge in [-0.2, -0.15) is 0 Å². The van der Waals surface area contributed by atoms with Crippen molar-refractivity contribution in [2.45, 2.75) is 90.0 Å². The molecule has 6 atom stereocenters. The fraction of sp³-hybridized carbons (Fsp3) is 0.900. The van der Waals surface area contributed by atoms with Gasteiger partial charge in [-0.3, -0.25) is 14.9 Å². The van der Waals surface area contributed by atoms with Crippen LogP contribution in [-0.4, -0.2) is 35.4 Å². The van der Waals surface area contributed by atoms with Crippen LogP contribution in [-0.2, 0) is 9.59 Å². The van der Waals surface area contributed by atoms with Crippen LogP contribution in [0.5, 0.6) is 0 Å². The van der Waals surface area contributed by atoms with Crippen molar-refractivity contribution in [2.24, 2.45) is 23.7 Å². The number of hydrazine groups is 1. The number of rotatable bonds is 6. The third-order valence-corrected chi connectivity index (χ3v) is 6.65. The van der Waals surface area contributed by atoms with Crippen molar-refractivity contribution in [1.29, 1.82) is 0 Å². The maximum atomic E-state index is 12.6. The van der Waals surface area contributed by atoms with Crippen LogP contribution in [0.3, 0.4) is 0 Å². The number of carbonyl (C=O) groups is 2. The Morgan fingerprint density at radius 1 is 1.07 bits per heavy atom. The van der Waals surface area contributed by atoms with Gasteiger partial charge in [0.2, 0.25) is 5.91 Å². The number of hydrogen-bond donors (Lipinski definition) is 5. The van der Waals surface area contributed by atoms with Gasteiger partial charge >= 0.3 is 5.97 Å². The number of hydrogen-bond acceptors (Lipinski definition) is 5. The first-order valence-electron chi connectivity index (χ1n) is 10.7. The first-order valence-corrected chi connectivity index (χ1v) is 10.7. The summed E-state index contributed by atoms with van der Waals surface area (Å²) in [5.41, 5.74) is 6.70. The average molecular weight is 381 g/mol. The summed E-state index contributed by atoms with van der Waals surface area (Å²) in [6, 6.07) is 0.199. The molecule has 0 aromatic carbocycles. The standard InChI is InChI=1S/C20H36N4O3/c1-12(2)18-22-19(24-23-18)14-7-5-8-15(10-14)21-17(25)11-13-6-3-4-9-16(13)20(26)27/h12-16,18-19,22-24H,3-11H2,1-2H3,(H,21,25)(H,26,27). The van der Waals surface area contributed by atoms with Crippen LogP contribution < -0.4 is 21.5 Å². The molecule has 6 unspecified atom stereocenters. The molecular weight excluding hydrogens is 344 g/mol. The highest BCUT2D eigenvalue weighted by Crippen LogP contribution is 2.33. The second kappa shape index (κ2) is 9.34. The van der Waals surface area contributed by atoms with Crippen LogP contribution in [0.2, 0.25) is 0 Å². The van der Waals surface area contributed by atoms with Crippen LogP contribution in [0.15, 0.2) is 0 Å². The highest BCUT2D eigenvalue weighted by atomic mass is 16.4. The summed E-state index contributed by atoms with van der Waals surface area (Å²) in [4.78, 5) is 24.0. The Hall–Kier alpha value is -1.18. The lowest BCUT2D eigenvalue weighted by Gasteiger charge is -2.34. The van der Waals surface area contributed by atoms with E-state index in [0.717, 1.165) is 44.9 Å². The Kier molecular flexibility index (Phi) is 7.11. The predicted molar refractivity (Wildman–Crippen MR) is 103 cm³/mol. The highest BCUT2D eigenvalue weighted by molar-refractivity contribution is 5.78. The van der Waals surface area contributed by atoms with Gasteiger partial charge in [0.05, 0.1) is 18.2 Å². The minimum atomic E-state index is -0.740. The molecule has 0 bridgehead atoms. The fourth-order valence-electron chi connectivity index (χ4n) is 5.03. The topological polar surface area (TPSA) is 102 Å². The zero-order valence-corrected chi connectivity index (χ0v) is 16.7. The van der Waals surface area contributed by atoms with Gasteiger partial charge in [-0.1, -0.05) is 33.1 Å². The molecule has 1 saturated heterocycles. The van der Waals surface area contributed by atoms with Crippen molar-refractivity contribution in [3.05, 3.63) is 0 Å². The molecule has 2 aliphatic carbocycles. The minimum Gasteiger partial charge on any atom is -0.481 e. The number of aliphatic carboxylic acids is 1. The molecule has 1 amide bonds. The molecule has 3 rings (SSSR count). The molecule has 1 heterocycles. The SMILES string of the molecule is CC(C)C1NNC(C2CCCC(NC(=O)CC3CCCCC3C(=O)O)C2)N1. The zero-order valence-electron chi connectivity index (χ0n) is 16.7. The summed E-state index contributed by atoms with van der Waals surface area (Å²) in [6.07, 6.45) is 8.71. The van der Waals surface area contributed by atoms with E-state index >= 15 is 0 Å². The lowest BCUT2D eigenvalue weighted by molar-refractivity contribution is -0.145. The maximum absolute atomic E-state index is 12.6. The van der Waals surface area contributed by atoms with E-state index < -0.39 is 5.97 Å². The van der Waals surface area contributed by atoms with E-state index in [2.05, 4.69) is 35.3 Å². The predicted octanol–water partition coefficient (Wildman–Crippen LogP) is 1.95. The molecule has 7 heteroatoms. The van der Waals surface area contributed by atoms with Gasteiger partial charge in [-0.15, -0.1) is 0 Å². The van der Waals surface area contributed by atoms with Crippen LogP contribution in [0, 0.1) is 23.7 Å². The van der Waals surface area contributed by atoms with E-state index in [1.165, 1.54) is 0 Å². The molecule has 5 N–H and O–H groups in total. The van der Waals surface area contributed by atoms with Crippen molar-refractivity contribution < 1.29 is 14.7 Å². The van der Waals surface area contributed by atoms with Gasteiger partial charge in [0.1, 0.15) is 0 Å². The first kappa shape index (κ1) is 20.6.